The highest BCUT2D eigenvalue weighted by Gasteiger charge is 2.34. The molecule has 0 unspecified atom stereocenters. The molecule has 1 aromatic rings. The Morgan fingerprint density at radius 3 is 2.79 bits per heavy atom. The second-order valence-electron chi connectivity index (χ2n) is 4.84. The molecule has 0 bridgehead atoms. The molecule has 0 radical (unpaired) electrons. The van der Waals surface area contributed by atoms with Crippen LogP contribution in [0.3, 0.4) is 0 Å². The monoisotopic (exact) mass is 263 g/mol. The maximum absolute atomic E-state index is 12.2. The predicted octanol–water partition coefficient (Wildman–Crippen LogP) is -0.289. The Morgan fingerprint density at radius 2 is 2.16 bits per heavy atom. The van der Waals surface area contributed by atoms with Crippen molar-refractivity contribution in [3.63, 3.8) is 0 Å². The zero-order chi connectivity index (χ0) is 14.0. The van der Waals surface area contributed by atoms with Crippen molar-refractivity contribution in [1.29, 1.82) is 0 Å². The number of carbonyl (C=O) groups excluding carboxylic acids is 2. The van der Waals surface area contributed by atoms with Gasteiger partial charge in [-0.3, -0.25) is 14.6 Å². The second kappa shape index (κ2) is 5.36. The Hall–Kier alpha value is -1.95. The molecule has 0 spiro atoms. The van der Waals surface area contributed by atoms with Gasteiger partial charge in [0, 0.05) is 32.4 Å². The van der Waals surface area contributed by atoms with E-state index in [4.69, 9.17) is 0 Å². The number of aryl methyl sites for hydroxylation is 1. The lowest BCUT2D eigenvalue weighted by Gasteiger charge is -2.16. The molecule has 6 nitrogen and oxygen atoms in total. The van der Waals surface area contributed by atoms with Crippen molar-refractivity contribution < 1.29 is 14.7 Å². The van der Waals surface area contributed by atoms with Gasteiger partial charge >= 0.3 is 0 Å². The molecule has 1 aliphatic rings. The van der Waals surface area contributed by atoms with Gasteiger partial charge in [0.1, 0.15) is 0 Å². The van der Waals surface area contributed by atoms with Gasteiger partial charge in [-0.25, -0.2) is 0 Å². The molecule has 2 N–H and O–H groups in total. The summed E-state index contributed by atoms with van der Waals surface area (Å²) < 4.78 is 0. The molecular weight excluding hydrogens is 246 g/mol. The first-order chi connectivity index (χ1) is 8.97. The van der Waals surface area contributed by atoms with E-state index in [1.165, 1.54) is 18.0 Å². The van der Waals surface area contributed by atoms with Crippen LogP contribution in [0.15, 0.2) is 18.5 Å². The highest BCUT2D eigenvalue weighted by molar-refractivity contribution is 5.94. The van der Waals surface area contributed by atoms with Crippen LogP contribution in [0, 0.1) is 6.92 Å². The van der Waals surface area contributed by atoms with E-state index < -0.39 is 12.1 Å². The van der Waals surface area contributed by atoms with Crippen molar-refractivity contribution in [2.45, 2.75) is 26.0 Å². The molecule has 2 atom stereocenters. The number of aliphatic hydroxyl groups is 1. The maximum Gasteiger partial charge on any atom is 0.255 e. The van der Waals surface area contributed by atoms with Crippen molar-refractivity contribution in [3.8, 4) is 0 Å². The minimum absolute atomic E-state index is 0.178. The molecule has 1 saturated heterocycles. The summed E-state index contributed by atoms with van der Waals surface area (Å²) in [5.74, 6) is -0.390. The van der Waals surface area contributed by atoms with Crippen LogP contribution in [-0.4, -0.2) is 52.0 Å². The Kier molecular flexibility index (Phi) is 3.80. The van der Waals surface area contributed by atoms with Crippen LogP contribution in [0.25, 0.3) is 0 Å². The minimum Gasteiger partial charge on any atom is -0.389 e. The van der Waals surface area contributed by atoms with E-state index in [2.05, 4.69) is 10.3 Å². The zero-order valence-corrected chi connectivity index (χ0v) is 11.0. The first-order valence-electron chi connectivity index (χ1n) is 6.13. The quantitative estimate of drug-likeness (QED) is 0.768. The van der Waals surface area contributed by atoms with E-state index in [-0.39, 0.29) is 18.4 Å². The number of β-amino-alcohol motifs (C(OH)–C–C–N with tert-alkyl or cyclic N) is 1. The average molecular weight is 263 g/mol. The zero-order valence-electron chi connectivity index (χ0n) is 11.0. The van der Waals surface area contributed by atoms with Crippen molar-refractivity contribution in [1.82, 2.24) is 15.2 Å². The summed E-state index contributed by atoms with van der Waals surface area (Å²) in [6.45, 7) is 3.79. The van der Waals surface area contributed by atoms with Crippen LogP contribution >= 0.6 is 0 Å². The van der Waals surface area contributed by atoms with Gasteiger partial charge in [-0.05, 0) is 18.6 Å². The first-order valence-corrected chi connectivity index (χ1v) is 6.13. The molecule has 0 aliphatic carbocycles. The summed E-state index contributed by atoms with van der Waals surface area (Å²) in [6, 6.07) is 1.35. The number of pyridine rings is 1. The molecular formula is C13H17N3O3. The van der Waals surface area contributed by atoms with Gasteiger partial charge in [0.05, 0.1) is 17.7 Å². The summed E-state index contributed by atoms with van der Waals surface area (Å²) in [7, 11) is 0. The van der Waals surface area contributed by atoms with Gasteiger partial charge in [-0.1, -0.05) is 0 Å². The SMILES string of the molecule is CC(=O)N[C@@H]1CN(C(=O)c2cncc(C)c2)C[C@H]1O. The number of carbonyl (C=O) groups is 2. The number of amides is 2. The lowest BCUT2D eigenvalue weighted by atomic mass is 10.2. The Labute approximate surface area is 111 Å². The summed E-state index contributed by atoms with van der Waals surface area (Å²) in [5, 5.41) is 12.5. The number of nitrogens with zero attached hydrogens (tertiary/aromatic N) is 2. The number of hydrogen-bond donors (Lipinski definition) is 2. The number of rotatable bonds is 2. The minimum atomic E-state index is -0.731. The van der Waals surface area contributed by atoms with E-state index in [0.717, 1.165) is 5.56 Å². The van der Waals surface area contributed by atoms with Crippen molar-refractivity contribution in [2.75, 3.05) is 13.1 Å². The van der Waals surface area contributed by atoms with Gasteiger partial charge < -0.3 is 15.3 Å². The number of aliphatic hydroxyl groups excluding tert-OH is 1. The van der Waals surface area contributed by atoms with Crippen molar-refractivity contribution >= 4 is 11.8 Å². The van der Waals surface area contributed by atoms with E-state index >= 15 is 0 Å². The molecule has 2 heterocycles. The van der Waals surface area contributed by atoms with Gasteiger partial charge in [0.15, 0.2) is 0 Å². The van der Waals surface area contributed by atoms with Crippen LogP contribution in [0.5, 0.6) is 0 Å². The van der Waals surface area contributed by atoms with Crippen LogP contribution in [0.2, 0.25) is 0 Å². The second-order valence-corrected chi connectivity index (χ2v) is 4.84. The normalized spacial score (nSPS) is 22.4. The predicted molar refractivity (Wildman–Crippen MR) is 68.5 cm³/mol. The number of likely N-dealkylation sites (tertiary alicyclic amines) is 1. The molecule has 2 rings (SSSR count). The number of aromatic nitrogens is 1. The molecule has 2 amide bonds. The Bertz CT molecular complexity index is 504. The molecule has 102 valence electrons. The smallest absolute Gasteiger partial charge is 0.255 e. The maximum atomic E-state index is 12.2. The average Bonchev–Trinajstić information content (AvgIpc) is 2.69. The summed E-state index contributed by atoms with van der Waals surface area (Å²) in [4.78, 5) is 28.8. The third-order valence-corrected chi connectivity index (χ3v) is 3.09. The van der Waals surface area contributed by atoms with E-state index in [1.54, 1.807) is 12.3 Å². The topological polar surface area (TPSA) is 82.5 Å². The first kappa shape index (κ1) is 13.5. The van der Waals surface area contributed by atoms with E-state index in [9.17, 15) is 14.7 Å². The molecule has 1 aliphatic heterocycles. The van der Waals surface area contributed by atoms with Gasteiger partial charge in [-0.15, -0.1) is 0 Å². The summed E-state index contributed by atoms with van der Waals surface area (Å²) in [5.41, 5.74) is 1.40. The van der Waals surface area contributed by atoms with Crippen LogP contribution in [0.1, 0.15) is 22.8 Å². The number of hydrogen-bond acceptors (Lipinski definition) is 4. The fraction of sp³-hybridized carbons (Fsp3) is 0.462. The Balaban J connectivity index is 2.07. The molecule has 1 fully saturated rings. The van der Waals surface area contributed by atoms with E-state index in [0.29, 0.717) is 12.1 Å². The summed E-state index contributed by atoms with van der Waals surface area (Å²) in [6.07, 6.45) is 2.45. The molecule has 0 aromatic carbocycles. The molecule has 6 heteroatoms. The third kappa shape index (κ3) is 3.08. The fourth-order valence-corrected chi connectivity index (χ4v) is 2.21. The Morgan fingerprint density at radius 1 is 1.42 bits per heavy atom. The van der Waals surface area contributed by atoms with Gasteiger partial charge in [-0.2, -0.15) is 0 Å². The lowest BCUT2D eigenvalue weighted by molar-refractivity contribution is -0.120. The third-order valence-electron chi connectivity index (χ3n) is 3.09. The van der Waals surface area contributed by atoms with Crippen LogP contribution < -0.4 is 5.32 Å². The molecule has 0 saturated carbocycles. The lowest BCUT2D eigenvalue weighted by Crippen LogP contribution is -2.41. The molecule has 19 heavy (non-hydrogen) atoms. The van der Waals surface area contributed by atoms with Gasteiger partial charge in [0.25, 0.3) is 5.91 Å². The number of nitrogens with one attached hydrogen (secondary N) is 1. The van der Waals surface area contributed by atoms with E-state index in [1.807, 2.05) is 6.92 Å². The van der Waals surface area contributed by atoms with Gasteiger partial charge in [0.2, 0.25) is 5.91 Å². The fourth-order valence-electron chi connectivity index (χ4n) is 2.21. The van der Waals surface area contributed by atoms with Crippen molar-refractivity contribution in [3.05, 3.63) is 29.6 Å². The van der Waals surface area contributed by atoms with Crippen LogP contribution in [-0.2, 0) is 4.79 Å². The largest absolute Gasteiger partial charge is 0.389 e. The van der Waals surface area contributed by atoms with Crippen LogP contribution in [0.4, 0.5) is 0 Å². The highest BCUT2D eigenvalue weighted by atomic mass is 16.3. The molecule has 1 aromatic heterocycles. The highest BCUT2D eigenvalue weighted by Crippen LogP contribution is 2.14. The standard InChI is InChI=1S/C13H17N3O3/c1-8-3-10(5-14-4-8)13(19)16-6-11(12(18)7-16)15-9(2)17/h3-5,11-12,18H,6-7H2,1-2H3,(H,15,17)/t11-,12-/m1/s1. The summed E-state index contributed by atoms with van der Waals surface area (Å²) >= 11 is 0. The van der Waals surface area contributed by atoms with Crippen molar-refractivity contribution in [2.24, 2.45) is 0 Å².